The highest BCUT2D eigenvalue weighted by atomic mass is 79.9. The number of halogens is 1. The van der Waals surface area contributed by atoms with Crippen LogP contribution in [0.5, 0.6) is 0 Å². The molecule has 0 aliphatic carbocycles. The second-order valence-electron chi connectivity index (χ2n) is 4.86. The van der Waals surface area contributed by atoms with E-state index in [9.17, 15) is 4.79 Å². The molecular weight excluding hydrogens is 320 g/mol. The molecule has 5 nitrogen and oxygen atoms in total. The molecule has 3 rings (SSSR count). The van der Waals surface area contributed by atoms with Gasteiger partial charge in [0.2, 0.25) is 0 Å². The van der Waals surface area contributed by atoms with Gasteiger partial charge in [0.15, 0.2) is 5.69 Å². The Morgan fingerprint density at radius 2 is 2.30 bits per heavy atom. The lowest BCUT2D eigenvalue weighted by atomic mass is 10.0. The van der Waals surface area contributed by atoms with Gasteiger partial charge in [0.1, 0.15) is 0 Å². The smallest absolute Gasteiger partial charge is 0.271 e. The molecule has 1 aliphatic heterocycles. The Hall–Kier alpha value is -1.66. The van der Waals surface area contributed by atoms with Crippen molar-refractivity contribution in [2.45, 2.75) is 0 Å². The summed E-state index contributed by atoms with van der Waals surface area (Å²) in [5.74, 6) is 0.428. The van der Waals surface area contributed by atoms with Gasteiger partial charge in [-0.3, -0.25) is 4.79 Å². The minimum absolute atomic E-state index is 0.120. The van der Waals surface area contributed by atoms with Crippen LogP contribution in [0.3, 0.4) is 0 Å². The quantitative estimate of drug-likeness (QED) is 0.892. The van der Waals surface area contributed by atoms with Crippen LogP contribution in [-0.2, 0) is 0 Å². The summed E-state index contributed by atoms with van der Waals surface area (Å²) in [7, 11) is 0. The third-order valence-corrected chi connectivity index (χ3v) is 3.81. The van der Waals surface area contributed by atoms with Gasteiger partial charge in [-0.05, 0) is 24.3 Å². The van der Waals surface area contributed by atoms with Gasteiger partial charge in [0, 0.05) is 36.2 Å². The van der Waals surface area contributed by atoms with E-state index in [1.54, 1.807) is 16.9 Å². The highest BCUT2D eigenvalue weighted by molar-refractivity contribution is 9.10. The molecule has 2 aromatic rings. The molecule has 1 fully saturated rings. The summed E-state index contributed by atoms with van der Waals surface area (Å²) < 4.78 is 2.68. The van der Waals surface area contributed by atoms with Crippen LogP contribution in [0.1, 0.15) is 10.5 Å². The molecule has 0 radical (unpaired) electrons. The normalized spacial score (nSPS) is 14.8. The summed E-state index contributed by atoms with van der Waals surface area (Å²) in [6.07, 6.45) is 1.79. The van der Waals surface area contributed by atoms with E-state index in [4.69, 9.17) is 0 Å². The number of hydrogen-bond acceptors (Lipinski definition) is 3. The van der Waals surface area contributed by atoms with Crippen molar-refractivity contribution in [3.8, 4) is 5.69 Å². The second-order valence-corrected chi connectivity index (χ2v) is 5.78. The first-order chi connectivity index (χ1) is 9.72. The van der Waals surface area contributed by atoms with E-state index in [-0.39, 0.29) is 5.91 Å². The number of rotatable bonds is 4. The van der Waals surface area contributed by atoms with Crippen LogP contribution in [0.25, 0.3) is 5.69 Å². The Morgan fingerprint density at radius 3 is 3.00 bits per heavy atom. The summed E-state index contributed by atoms with van der Waals surface area (Å²) in [5, 5.41) is 10.4. The number of amides is 1. The maximum atomic E-state index is 12.0. The van der Waals surface area contributed by atoms with E-state index in [0.29, 0.717) is 18.2 Å². The molecule has 0 spiro atoms. The Labute approximate surface area is 125 Å². The van der Waals surface area contributed by atoms with Crippen LogP contribution in [-0.4, -0.2) is 35.3 Å². The Bertz CT molecular complexity index is 621. The van der Waals surface area contributed by atoms with Gasteiger partial charge in [-0.25, -0.2) is 4.68 Å². The zero-order chi connectivity index (χ0) is 13.9. The molecule has 0 unspecified atom stereocenters. The Kier molecular flexibility index (Phi) is 3.84. The van der Waals surface area contributed by atoms with Crippen LogP contribution < -0.4 is 10.6 Å². The first-order valence-corrected chi connectivity index (χ1v) is 7.32. The molecule has 1 aromatic carbocycles. The Morgan fingerprint density at radius 1 is 1.45 bits per heavy atom. The first kappa shape index (κ1) is 13.3. The van der Waals surface area contributed by atoms with Gasteiger partial charge >= 0.3 is 0 Å². The number of benzene rings is 1. The van der Waals surface area contributed by atoms with Gasteiger partial charge in [-0.2, -0.15) is 5.10 Å². The molecule has 1 saturated heterocycles. The van der Waals surface area contributed by atoms with E-state index < -0.39 is 0 Å². The van der Waals surface area contributed by atoms with Crippen molar-refractivity contribution < 1.29 is 4.79 Å². The summed E-state index contributed by atoms with van der Waals surface area (Å²) in [5.41, 5.74) is 1.36. The van der Waals surface area contributed by atoms with Gasteiger partial charge in [0.05, 0.1) is 5.69 Å². The Balaban J connectivity index is 1.67. The topological polar surface area (TPSA) is 59.0 Å². The highest BCUT2D eigenvalue weighted by Crippen LogP contribution is 2.15. The van der Waals surface area contributed by atoms with Gasteiger partial charge in [-0.15, -0.1) is 0 Å². The zero-order valence-corrected chi connectivity index (χ0v) is 12.4. The largest absolute Gasteiger partial charge is 0.350 e. The van der Waals surface area contributed by atoms with Gasteiger partial charge in [-0.1, -0.05) is 22.0 Å². The average molecular weight is 335 g/mol. The fourth-order valence-corrected chi connectivity index (χ4v) is 2.42. The SMILES string of the molecule is O=C(NCC1CNC1)c1ccn(-c2cccc(Br)c2)n1. The van der Waals surface area contributed by atoms with Gasteiger partial charge in [0.25, 0.3) is 5.91 Å². The van der Waals surface area contributed by atoms with Crippen molar-refractivity contribution in [2.75, 3.05) is 19.6 Å². The molecule has 2 N–H and O–H groups in total. The number of carbonyl (C=O) groups is 1. The number of hydrogen-bond donors (Lipinski definition) is 2. The first-order valence-electron chi connectivity index (χ1n) is 6.53. The summed E-state index contributed by atoms with van der Waals surface area (Å²) in [4.78, 5) is 12.0. The average Bonchev–Trinajstić information content (AvgIpc) is 2.86. The van der Waals surface area contributed by atoms with E-state index in [2.05, 4.69) is 31.7 Å². The van der Waals surface area contributed by atoms with Crippen molar-refractivity contribution >= 4 is 21.8 Å². The molecule has 20 heavy (non-hydrogen) atoms. The van der Waals surface area contributed by atoms with Crippen LogP contribution in [0, 0.1) is 5.92 Å². The molecule has 2 heterocycles. The molecule has 0 atom stereocenters. The van der Waals surface area contributed by atoms with E-state index in [1.165, 1.54) is 0 Å². The lowest BCUT2D eigenvalue weighted by Gasteiger charge is -2.26. The molecule has 104 valence electrons. The van der Waals surface area contributed by atoms with Crippen molar-refractivity contribution in [3.05, 3.63) is 46.7 Å². The van der Waals surface area contributed by atoms with Crippen molar-refractivity contribution in [3.63, 3.8) is 0 Å². The predicted octanol–water partition coefficient (Wildman–Crippen LogP) is 1.58. The maximum Gasteiger partial charge on any atom is 0.271 e. The number of nitrogens with zero attached hydrogens (tertiary/aromatic N) is 2. The molecule has 0 saturated carbocycles. The van der Waals surface area contributed by atoms with Crippen LogP contribution >= 0.6 is 15.9 Å². The minimum atomic E-state index is -0.120. The van der Waals surface area contributed by atoms with Crippen LogP contribution in [0.15, 0.2) is 41.0 Å². The maximum absolute atomic E-state index is 12.0. The molecule has 1 aliphatic rings. The number of nitrogens with one attached hydrogen (secondary N) is 2. The third kappa shape index (κ3) is 2.91. The minimum Gasteiger partial charge on any atom is -0.350 e. The molecule has 1 amide bonds. The van der Waals surface area contributed by atoms with Crippen molar-refractivity contribution in [2.24, 2.45) is 5.92 Å². The molecular formula is C14H15BrN4O. The van der Waals surface area contributed by atoms with Crippen molar-refractivity contribution in [1.29, 1.82) is 0 Å². The van der Waals surface area contributed by atoms with Crippen LogP contribution in [0.2, 0.25) is 0 Å². The van der Waals surface area contributed by atoms with E-state index in [0.717, 1.165) is 23.2 Å². The van der Waals surface area contributed by atoms with Gasteiger partial charge < -0.3 is 10.6 Å². The zero-order valence-electron chi connectivity index (χ0n) is 10.8. The second kappa shape index (κ2) is 5.76. The fraction of sp³-hybridized carbons (Fsp3) is 0.286. The summed E-state index contributed by atoms with van der Waals surface area (Å²) in [6.45, 7) is 2.66. The standard InChI is InChI=1S/C14H15BrN4O/c15-11-2-1-3-12(6-11)19-5-4-13(18-19)14(20)17-9-10-7-16-8-10/h1-6,10,16H,7-9H2,(H,17,20). The highest BCUT2D eigenvalue weighted by Gasteiger charge is 2.18. The van der Waals surface area contributed by atoms with E-state index in [1.807, 2.05) is 24.3 Å². The fourth-order valence-electron chi connectivity index (χ4n) is 2.03. The molecule has 1 aromatic heterocycles. The van der Waals surface area contributed by atoms with Crippen molar-refractivity contribution in [1.82, 2.24) is 20.4 Å². The molecule has 6 heteroatoms. The molecule has 0 bridgehead atoms. The monoisotopic (exact) mass is 334 g/mol. The third-order valence-electron chi connectivity index (χ3n) is 3.31. The number of carbonyl (C=O) groups excluding carboxylic acids is 1. The lowest BCUT2D eigenvalue weighted by Crippen LogP contribution is -2.48. The summed E-state index contributed by atoms with van der Waals surface area (Å²) in [6, 6.07) is 9.52. The lowest BCUT2D eigenvalue weighted by molar-refractivity contribution is 0.0937. The predicted molar refractivity (Wildman–Crippen MR) is 80.0 cm³/mol. The number of aromatic nitrogens is 2. The van der Waals surface area contributed by atoms with E-state index >= 15 is 0 Å². The van der Waals surface area contributed by atoms with Crippen LogP contribution in [0.4, 0.5) is 0 Å². The summed E-state index contributed by atoms with van der Waals surface area (Å²) >= 11 is 3.42.